The second-order valence-electron chi connectivity index (χ2n) is 8.33. The number of aliphatic hydroxyl groups is 1. The molecular weight excluding hydrogens is 508 g/mol. The second-order valence-corrected chi connectivity index (χ2v) is 10.1. The van der Waals surface area contributed by atoms with E-state index in [1.54, 1.807) is 30.3 Å². The molecule has 0 bridgehead atoms. The number of rotatable bonds is 12. The van der Waals surface area contributed by atoms with Crippen LogP contribution in [0.25, 0.3) is 0 Å². The molecule has 3 rings (SSSR count). The van der Waals surface area contributed by atoms with Crippen molar-refractivity contribution in [1.82, 2.24) is 10.0 Å². The average molecular weight is 534 g/mol. The van der Waals surface area contributed by atoms with E-state index in [1.807, 2.05) is 0 Å². The lowest BCUT2D eigenvalue weighted by Gasteiger charge is -2.21. The number of nitrogens with zero attached hydrogens (tertiary/aromatic N) is 1. The molecule has 0 heterocycles. The van der Waals surface area contributed by atoms with Gasteiger partial charge in [-0.1, -0.05) is 36.4 Å². The molecule has 0 fully saturated rings. The Labute approximate surface area is 212 Å². The molecule has 0 unspecified atom stereocenters. The minimum absolute atomic E-state index is 0.0876. The van der Waals surface area contributed by atoms with E-state index in [0.29, 0.717) is 6.07 Å². The monoisotopic (exact) mass is 533 g/mol. The van der Waals surface area contributed by atoms with Crippen LogP contribution in [0.1, 0.15) is 17.5 Å². The molecule has 196 valence electrons. The van der Waals surface area contributed by atoms with Gasteiger partial charge >= 0.3 is 0 Å². The molecule has 0 saturated heterocycles. The van der Waals surface area contributed by atoms with Gasteiger partial charge in [-0.05, 0) is 36.6 Å². The highest BCUT2D eigenvalue weighted by molar-refractivity contribution is 7.89. The minimum atomic E-state index is -4.07. The Morgan fingerprint density at radius 2 is 1.70 bits per heavy atom. The number of aliphatic hydroxyl groups excluding tert-OH is 1. The van der Waals surface area contributed by atoms with Gasteiger partial charge in [-0.15, -0.1) is 0 Å². The third kappa shape index (κ3) is 8.13. The Kier molecular flexibility index (Phi) is 9.39. The smallest absolute Gasteiger partial charge is 0.269 e. The van der Waals surface area contributed by atoms with E-state index < -0.39 is 51.1 Å². The molecule has 3 N–H and O–H groups in total. The van der Waals surface area contributed by atoms with Crippen LogP contribution in [-0.2, 0) is 27.8 Å². The van der Waals surface area contributed by atoms with Crippen LogP contribution in [0.3, 0.4) is 0 Å². The van der Waals surface area contributed by atoms with Crippen molar-refractivity contribution in [1.29, 1.82) is 0 Å². The number of benzene rings is 3. The van der Waals surface area contributed by atoms with Crippen molar-refractivity contribution < 1.29 is 32.0 Å². The molecule has 9 nitrogen and oxygen atoms in total. The van der Waals surface area contributed by atoms with Gasteiger partial charge in [-0.2, -0.15) is 0 Å². The predicted octanol–water partition coefficient (Wildman–Crippen LogP) is 3.08. The first kappa shape index (κ1) is 27.8. The number of hydrogen-bond acceptors (Lipinski definition) is 6. The number of sulfonamides is 1. The molecule has 3 aromatic carbocycles. The van der Waals surface area contributed by atoms with Crippen molar-refractivity contribution in [3.63, 3.8) is 0 Å². The van der Waals surface area contributed by atoms with Gasteiger partial charge in [0.2, 0.25) is 15.9 Å². The highest BCUT2D eigenvalue weighted by atomic mass is 32.2. The number of halogens is 2. The lowest BCUT2D eigenvalue weighted by molar-refractivity contribution is -0.384. The van der Waals surface area contributed by atoms with Gasteiger partial charge in [-0.3, -0.25) is 14.9 Å². The number of non-ortho nitro benzene ring substituents is 1. The fourth-order valence-corrected chi connectivity index (χ4v) is 4.69. The Morgan fingerprint density at radius 3 is 2.32 bits per heavy atom. The summed E-state index contributed by atoms with van der Waals surface area (Å²) < 4.78 is 54.3. The molecule has 12 heteroatoms. The van der Waals surface area contributed by atoms with Crippen molar-refractivity contribution >= 4 is 21.6 Å². The lowest BCUT2D eigenvalue weighted by atomic mass is 9.92. The van der Waals surface area contributed by atoms with E-state index >= 15 is 0 Å². The first-order valence-electron chi connectivity index (χ1n) is 11.2. The number of nitrogens with one attached hydrogen (secondary N) is 2. The van der Waals surface area contributed by atoms with Crippen molar-refractivity contribution in [3.05, 3.63) is 106 Å². The SMILES string of the molecule is O=C(NCc1ccc(F)cc1F)[C@@H](Cc1ccccc1)C[C@H](O)CNS(=O)(=O)c1ccc([N+](=O)[O-])cc1. The minimum Gasteiger partial charge on any atom is -0.392 e. The van der Waals surface area contributed by atoms with Crippen LogP contribution in [0, 0.1) is 27.7 Å². The van der Waals surface area contributed by atoms with Crippen molar-refractivity contribution in [3.8, 4) is 0 Å². The molecule has 0 radical (unpaired) electrons. The number of nitro groups is 1. The summed E-state index contributed by atoms with van der Waals surface area (Å²) >= 11 is 0. The summed E-state index contributed by atoms with van der Waals surface area (Å²) in [6.07, 6.45) is -1.14. The first-order valence-corrected chi connectivity index (χ1v) is 12.7. The molecule has 1 amide bonds. The highest BCUT2D eigenvalue weighted by Crippen LogP contribution is 2.18. The third-order valence-corrected chi connectivity index (χ3v) is 7.03. The average Bonchev–Trinajstić information content (AvgIpc) is 2.87. The zero-order chi connectivity index (χ0) is 27.0. The van der Waals surface area contributed by atoms with E-state index in [2.05, 4.69) is 10.0 Å². The van der Waals surface area contributed by atoms with Gasteiger partial charge in [0.15, 0.2) is 0 Å². The summed E-state index contributed by atoms with van der Waals surface area (Å²) in [6, 6.07) is 16.2. The van der Waals surface area contributed by atoms with Gasteiger partial charge in [-0.25, -0.2) is 21.9 Å². The van der Waals surface area contributed by atoms with Crippen LogP contribution in [-0.4, -0.2) is 37.0 Å². The standard InChI is InChI=1S/C25H25F2N3O6S/c26-20-7-6-18(24(27)14-20)15-28-25(32)19(12-17-4-2-1-3-5-17)13-22(31)16-29-37(35,36)23-10-8-21(9-11-23)30(33)34/h1-11,14,19,22,29,31H,12-13,15-16H2,(H,28,32)/t19-,22-/m0/s1. The first-order chi connectivity index (χ1) is 17.5. The molecular formula is C25H25F2N3O6S. The Hall–Kier alpha value is -3.74. The van der Waals surface area contributed by atoms with Crippen molar-refractivity contribution in [2.75, 3.05) is 6.54 Å². The highest BCUT2D eigenvalue weighted by Gasteiger charge is 2.24. The Morgan fingerprint density at radius 1 is 1.03 bits per heavy atom. The molecule has 0 saturated carbocycles. The summed E-state index contributed by atoms with van der Waals surface area (Å²) in [6.45, 7) is -0.608. The van der Waals surface area contributed by atoms with Crippen LogP contribution >= 0.6 is 0 Å². The van der Waals surface area contributed by atoms with Crippen molar-refractivity contribution in [2.24, 2.45) is 5.92 Å². The van der Waals surface area contributed by atoms with Crippen LogP contribution in [0.2, 0.25) is 0 Å². The predicted molar refractivity (Wildman–Crippen MR) is 131 cm³/mol. The fourth-order valence-electron chi connectivity index (χ4n) is 3.62. The third-order valence-electron chi connectivity index (χ3n) is 5.59. The van der Waals surface area contributed by atoms with E-state index in [1.165, 1.54) is 6.07 Å². The van der Waals surface area contributed by atoms with Gasteiger partial charge in [0, 0.05) is 42.8 Å². The molecule has 2 atom stereocenters. The lowest BCUT2D eigenvalue weighted by Crippen LogP contribution is -2.38. The Bertz CT molecular complexity index is 1340. The fraction of sp³-hybridized carbons (Fsp3) is 0.240. The molecule has 3 aromatic rings. The van der Waals surface area contributed by atoms with Crippen LogP contribution < -0.4 is 10.0 Å². The maximum Gasteiger partial charge on any atom is 0.269 e. The number of nitro benzene ring substituents is 1. The van der Waals surface area contributed by atoms with Gasteiger partial charge < -0.3 is 10.4 Å². The quantitative estimate of drug-likeness (QED) is 0.242. The van der Waals surface area contributed by atoms with Gasteiger partial charge in [0.05, 0.1) is 15.9 Å². The van der Waals surface area contributed by atoms with E-state index in [9.17, 15) is 37.2 Å². The molecule has 0 spiro atoms. The molecule has 0 aliphatic heterocycles. The maximum absolute atomic E-state index is 13.9. The second kappa shape index (κ2) is 12.5. The molecule has 0 aliphatic rings. The largest absolute Gasteiger partial charge is 0.392 e. The zero-order valence-corrected chi connectivity index (χ0v) is 20.3. The maximum atomic E-state index is 13.9. The van der Waals surface area contributed by atoms with Crippen molar-refractivity contribution in [2.45, 2.75) is 30.4 Å². The number of hydrogen-bond donors (Lipinski definition) is 3. The summed E-state index contributed by atoms with van der Waals surface area (Å²) in [5.74, 6) is -2.83. The van der Waals surface area contributed by atoms with Crippen LogP contribution in [0.15, 0.2) is 77.7 Å². The van der Waals surface area contributed by atoms with Crippen LogP contribution in [0.4, 0.5) is 14.5 Å². The van der Waals surface area contributed by atoms with E-state index in [0.717, 1.165) is 35.9 Å². The zero-order valence-electron chi connectivity index (χ0n) is 19.5. The molecule has 0 aliphatic carbocycles. The van der Waals surface area contributed by atoms with Gasteiger partial charge in [0.1, 0.15) is 11.6 Å². The number of amides is 1. The summed E-state index contributed by atoms with van der Waals surface area (Å²) in [5.41, 5.74) is 0.619. The van der Waals surface area contributed by atoms with E-state index in [4.69, 9.17) is 0 Å². The Balaban J connectivity index is 1.65. The summed E-state index contributed by atoms with van der Waals surface area (Å²) in [4.78, 5) is 22.8. The van der Waals surface area contributed by atoms with Gasteiger partial charge in [0.25, 0.3) is 5.69 Å². The molecule has 37 heavy (non-hydrogen) atoms. The summed E-state index contributed by atoms with van der Waals surface area (Å²) in [7, 11) is -4.07. The molecule has 0 aromatic heterocycles. The number of carbonyl (C=O) groups is 1. The topological polar surface area (TPSA) is 139 Å². The van der Waals surface area contributed by atoms with Crippen LogP contribution in [0.5, 0.6) is 0 Å². The van der Waals surface area contributed by atoms with E-state index in [-0.39, 0.29) is 35.5 Å². The number of carbonyl (C=O) groups excluding carboxylic acids is 1. The summed E-state index contributed by atoms with van der Waals surface area (Å²) in [5, 5.41) is 23.9. The normalized spacial score (nSPS) is 13.1.